The Balaban J connectivity index is 2.20. The van der Waals surface area contributed by atoms with Crippen molar-refractivity contribution in [3.05, 3.63) is 65.0 Å². The average molecular weight is 286 g/mol. The first-order valence-electron chi connectivity index (χ1n) is 6.93. The molecule has 0 radical (unpaired) electrons. The fourth-order valence-corrected chi connectivity index (χ4v) is 2.18. The van der Waals surface area contributed by atoms with E-state index < -0.39 is 5.82 Å². The van der Waals surface area contributed by atoms with Crippen LogP contribution in [0.25, 0.3) is 0 Å². The number of halogens is 1. The number of nitrogens with one attached hydrogen (secondary N) is 1. The maximum atomic E-state index is 13.3. The van der Waals surface area contributed by atoms with Gasteiger partial charge in [0.25, 0.3) is 5.91 Å². The minimum absolute atomic E-state index is 0.124. The summed E-state index contributed by atoms with van der Waals surface area (Å²) in [4.78, 5) is 12.3. The summed E-state index contributed by atoms with van der Waals surface area (Å²) in [5.41, 5.74) is 8.36. The molecule has 0 spiro atoms. The summed E-state index contributed by atoms with van der Waals surface area (Å²) < 4.78 is 13.3. The van der Waals surface area contributed by atoms with Crippen molar-refractivity contribution in [2.45, 2.75) is 26.3 Å². The van der Waals surface area contributed by atoms with Gasteiger partial charge in [0.1, 0.15) is 5.82 Å². The molecule has 2 aromatic rings. The number of aryl methyl sites for hydroxylation is 1. The topological polar surface area (TPSA) is 55.1 Å². The van der Waals surface area contributed by atoms with Crippen molar-refractivity contribution in [2.24, 2.45) is 0 Å². The molecule has 1 amide bonds. The first-order chi connectivity index (χ1) is 10.0. The Bertz CT molecular complexity index is 638. The van der Waals surface area contributed by atoms with Crippen molar-refractivity contribution >= 4 is 11.6 Å². The predicted molar refractivity (Wildman–Crippen MR) is 82.5 cm³/mol. The smallest absolute Gasteiger partial charge is 0.253 e. The molecule has 0 saturated carbocycles. The number of rotatable bonds is 4. The van der Waals surface area contributed by atoms with Gasteiger partial charge in [0.2, 0.25) is 0 Å². The van der Waals surface area contributed by atoms with Crippen LogP contribution in [-0.2, 0) is 0 Å². The van der Waals surface area contributed by atoms with E-state index in [2.05, 4.69) is 5.32 Å². The van der Waals surface area contributed by atoms with E-state index in [0.717, 1.165) is 23.6 Å². The molecule has 4 heteroatoms. The third-order valence-corrected chi connectivity index (χ3v) is 3.45. The summed E-state index contributed by atoms with van der Waals surface area (Å²) in [6, 6.07) is 11.6. The van der Waals surface area contributed by atoms with Crippen LogP contribution in [0, 0.1) is 12.7 Å². The van der Waals surface area contributed by atoms with E-state index in [1.165, 1.54) is 12.1 Å². The Hall–Kier alpha value is -2.36. The molecule has 110 valence electrons. The molecule has 21 heavy (non-hydrogen) atoms. The molecule has 0 aromatic heterocycles. The molecule has 1 unspecified atom stereocenters. The minimum atomic E-state index is -0.474. The molecule has 0 saturated heterocycles. The van der Waals surface area contributed by atoms with Gasteiger partial charge in [-0.15, -0.1) is 0 Å². The van der Waals surface area contributed by atoms with Crippen LogP contribution in [0.3, 0.4) is 0 Å². The normalized spacial score (nSPS) is 12.0. The number of hydrogen-bond acceptors (Lipinski definition) is 2. The van der Waals surface area contributed by atoms with Crippen molar-refractivity contribution in [1.29, 1.82) is 0 Å². The number of anilines is 1. The zero-order chi connectivity index (χ0) is 15.4. The fraction of sp³-hybridized carbons (Fsp3) is 0.235. The van der Waals surface area contributed by atoms with Crippen LogP contribution in [0.2, 0.25) is 0 Å². The highest BCUT2D eigenvalue weighted by Gasteiger charge is 2.16. The maximum absolute atomic E-state index is 13.3. The van der Waals surface area contributed by atoms with Gasteiger partial charge < -0.3 is 11.1 Å². The van der Waals surface area contributed by atoms with Gasteiger partial charge >= 0.3 is 0 Å². The Morgan fingerprint density at radius 1 is 1.24 bits per heavy atom. The van der Waals surface area contributed by atoms with Crippen LogP contribution >= 0.6 is 0 Å². The summed E-state index contributed by atoms with van der Waals surface area (Å²) in [6.07, 6.45) is 0.740. The average Bonchev–Trinajstić information content (AvgIpc) is 2.48. The highest BCUT2D eigenvalue weighted by atomic mass is 19.1. The van der Waals surface area contributed by atoms with Gasteiger partial charge in [-0.1, -0.05) is 36.8 Å². The monoisotopic (exact) mass is 286 g/mol. The van der Waals surface area contributed by atoms with E-state index in [1.54, 1.807) is 0 Å². The van der Waals surface area contributed by atoms with E-state index in [1.807, 2.05) is 38.1 Å². The number of benzene rings is 2. The third-order valence-electron chi connectivity index (χ3n) is 3.45. The van der Waals surface area contributed by atoms with E-state index in [4.69, 9.17) is 5.73 Å². The van der Waals surface area contributed by atoms with Crippen molar-refractivity contribution in [2.75, 3.05) is 5.73 Å². The lowest BCUT2D eigenvalue weighted by Crippen LogP contribution is -2.28. The summed E-state index contributed by atoms with van der Waals surface area (Å²) in [6.45, 7) is 4.00. The second-order valence-electron chi connectivity index (χ2n) is 5.08. The molecule has 0 bridgehead atoms. The molecule has 0 aliphatic carbocycles. The lowest BCUT2D eigenvalue weighted by molar-refractivity contribution is 0.0936. The highest BCUT2D eigenvalue weighted by Crippen LogP contribution is 2.20. The molecule has 0 aliphatic rings. The van der Waals surface area contributed by atoms with Crippen LogP contribution in [0.1, 0.15) is 40.9 Å². The highest BCUT2D eigenvalue weighted by molar-refractivity contribution is 5.99. The largest absolute Gasteiger partial charge is 0.398 e. The van der Waals surface area contributed by atoms with Crippen molar-refractivity contribution in [3.8, 4) is 0 Å². The molecular formula is C17H19FN2O. The minimum Gasteiger partial charge on any atom is -0.398 e. The summed E-state index contributed by atoms with van der Waals surface area (Å²) in [7, 11) is 0. The molecule has 3 N–H and O–H groups in total. The van der Waals surface area contributed by atoms with Crippen LogP contribution in [0.15, 0.2) is 42.5 Å². The molecule has 1 atom stereocenters. The van der Waals surface area contributed by atoms with Gasteiger partial charge in [-0.3, -0.25) is 4.79 Å². The Morgan fingerprint density at radius 2 is 1.90 bits per heavy atom. The van der Waals surface area contributed by atoms with Gasteiger partial charge in [0.15, 0.2) is 0 Å². The zero-order valence-corrected chi connectivity index (χ0v) is 12.2. The third kappa shape index (κ3) is 3.60. The summed E-state index contributed by atoms with van der Waals surface area (Å²) >= 11 is 0. The van der Waals surface area contributed by atoms with Gasteiger partial charge in [-0.05, 0) is 37.1 Å². The zero-order valence-electron chi connectivity index (χ0n) is 12.2. The van der Waals surface area contributed by atoms with Crippen LogP contribution in [0.5, 0.6) is 0 Å². The summed E-state index contributed by atoms with van der Waals surface area (Å²) in [5.74, 6) is -0.836. The van der Waals surface area contributed by atoms with E-state index >= 15 is 0 Å². The van der Waals surface area contributed by atoms with Crippen LogP contribution in [-0.4, -0.2) is 5.91 Å². The molecular weight excluding hydrogens is 267 g/mol. The number of nitrogen functional groups attached to an aromatic ring is 1. The number of nitrogens with two attached hydrogens (primary N) is 1. The Morgan fingerprint density at radius 3 is 2.52 bits per heavy atom. The number of amides is 1. The quantitative estimate of drug-likeness (QED) is 0.844. The second-order valence-corrected chi connectivity index (χ2v) is 5.08. The number of carbonyl (C=O) groups is 1. The fourth-order valence-electron chi connectivity index (χ4n) is 2.18. The number of hydrogen-bond donors (Lipinski definition) is 2. The molecule has 0 fully saturated rings. The molecule has 3 nitrogen and oxygen atoms in total. The van der Waals surface area contributed by atoms with E-state index in [9.17, 15) is 9.18 Å². The first-order valence-corrected chi connectivity index (χ1v) is 6.93. The Kier molecular flexibility index (Phi) is 4.58. The van der Waals surface area contributed by atoms with Crippen molar-refractivity contribution in [3.63, 3.8) is 0 Å². The molecule has 2 rings (SSSR count). The first kappa shape index (κ1) is 15.0. The molecule has 0 heterocycles. The van der Waals surface area contributed by atoms with Gasteiger partial charge in [0, 0.05) is 5.69 Å². The summed E-state index contributed by atoms with van der Waals surface area (Å²) in [5, 5.41) is 2.90. The lowest BCUT2D eigenvalue weighted by atomic mass is 10.0. The van der Waals surface area contributed by atoms with Gasteiger partial charge in [0.05, 0.1) is 11.6 Å². The standard InChI is InChI=1S/C17H19FN2O/c1-3-16(12-6-4-11(2)5-7-12)20-17(21)14-10-13(18)8-9-15(14)19/h4-10,16H,3,19H2,1-2H3,(H,20,21). The SMILES string of the molecule is CCC(NC(=O)c1cc(F)ccc1N)c1ccc(C)cc1. The van der Waals surface area contributed by atoms with Gasteiger partial charge in [-0.2, -0.15) is 0 Å². The maximum Gasteiger partial charge on any atom is 0.253 e. The molecule has 0 aliphatic heterocycles. The van der Waals surface area contributed by atoms with E-state index in [-0.39, 0.29) is 23.2 Å². The van der Waals surface area contributed by atoms with Crippen LogP contribution in [0.4, 0.5) is 10.1 Å². The Labute approximate surface area is 124 Å². The van der Waals surface area contributed by atoms with Gasteiger partial charge in [-0.25, -0.2) is 4.39 Å². The molecule has 2 aromatic carbocycles. The predicted octanol–water partition coefficient (Wildman–Crippen LogP) is 3.60. The van der Waals surface area contributed by atoms with E-state index in [0.29, 0.717) is 0 Å². The second kappa shape index (κ2) is 6.39. The van der Waals surface area contributed by atoms with Crippen molar-refractivity contribution < 1.29 is 9.18 Å². The number of carbonyl (C=O) groups excluding carboxylic acids is 1. The van der Waals surface area contributed by atoms with Crippen LogP contribution < -0.4 is 11.1 Å². The lowest BCUT2D eigenvalue weighted by Gasteiger charge is -2.18. The van der Waals surface area contributed by atoms with Crippen molar-refractivity contribution in [1.82, 2.24) is 5.32 Å².